The van der Waals surface area contributed by atoms with Crippen molar-refractivity contribution in [2.75, 3.05) is 0 Å². The summed E-state index contributed by atoms with van der Waals surface area (Å²) in [4.78, 5) is 0. The summed E-state index contributed by atoms with van der Waals surface area (Å²) < 4.78 is 13.0. The maximum absolute atomic E-state index is 5.97. The predicted octanol–water partition coefficient (Wildman–Crippen LogP) is 6.25. The third-order valence-electron chi connectivity index (χ3n) is 3.94. The molecule has 5 rings (SSSR count). The lowest BCUT2D eigenvalue weighted by molar-refractivity contribution is 0.663. The van der Waals surface area contributed by atoms with Crippen molar-refractivity contribution in [3.8, 4) is 0 Å². The molecule has 3 heteroatoms. The van der Waals surface area contributed by atoms with Gasteiger partial charge < -0.3 is 8.83 Å². The van der Waals surface area contributed by atoms with E-state index >= 15 is 0 Å². The Bertz CT molecular complexity index is 1150. The van der Waals surface area contributed by atoms with Gasteiger partial charge in [-0.05, 0) is 36.4 Å². The first kappa shape index (κ1) is 11.4. The van der Waals surface area contributed by atoms with Crippen LogP contribution in [0.4, 0.5) is 0 Å². The molecule has 100 valence electrons. The summed E-state index contributed by atoms with van der Waals surface area (Å²) in [7, 11) is 0. The first-order valence-electron chi connectivity index (χ1n) is 6.73. The Morgan fingerprint density at radius 1 is 0.619 bits per heavy atom. The highest BCUT2D eigenvalue weighted by atomic mass is 79.9. The number of rotatable bonds is 0. The minimum absolute atomic E-state index is 0.891. The van der Waals surface area contributed by atoms with Crippen LogP contribution >= 0.6 is 15.9 Å². The van der Waals surface area contributed by atoms with Crippen LogP contribution in [0.1, 0.15) is 0 Å². The molecule has 2 aromatic heterocycles. The maximum Gasteiger partial charge on any atom is 0.136 e. The summed E-state index contributed by atoms with van der Waals surface area (Å²) in [5.74, 6) is 0. The first-order valence-corrected chi connectivity index (χ1v) is 7.52. The van der Waals surface area contributed by atoms with Crippen LogP contribution < -0.4 is 0 Å². The number of fused-ring (bicyclic) bond motifs is 7. The minimum Gasteiger partial charge on any atom is -0.456 e. The van der Waals surface area contributed by atoms with Crippen LogP contribution in [0.15, 0.2) is 67.9 Å². The normalized spacial score (nSPS) is 12.0. The van der Waals surface area contributed by atoms with Crippen LogP contribution in [0.25, 0.3) is 43.9 Å². The highest BCUT2D eigenvalue weighted by molar-refractivity contribution is 9.10. The third kappa shape index (κ3) is 1.47. The second kappa shape index (κ2) is 3.89. The molecule has 0 unspecified atom stereocenters. The van der Waals surface area contributed by atoms with E-state index in [0.717, 1.165) is 48.3 Å². The fourth-order valence-corrected chi connectivity index (χ4v) is 3.42. The molecule has 0 saturated carbocycles. The Morgan fingerprint density at radius 2 is 1.24 bits per heavy atom. The van der Waals surface area contributed by atoms with Crippen LogP contribution in [0.3, 0.4) is 0 Å². The SMILES string of the molecule is Brc1ccc2oc3ccc4oc5ccccc5c4c3c2c1. The van der Waals surface area contributed by atoms with Gasteiger partial charge in [0.2, 0.25) is 0 Å². The monoisotopic (exact) mass is 336 g/mol. The van der Waals surface area contributed by atoms with E-state index < -0.39 is 0 Å². The van der Waals surface area contributed by atoms with Gasteiger partial charge in [0.25, 0.3) is 0 Å². The molecule has 0 amide bonds. The average molecular weight is 337 g/mol. The summed E-state index contributed by atoms with van der Waals surface area (Å²) in [6, 6.07) is 18.2. The molecule has 0 N–H and O–H groups in total. The van der Waals surface area contributed by atoms with Gasteiger partial charge in [0.1, 0.15) is 22.3 Å². The molecule has 0 radical (unpaired) electrons. The van der Waals surface area contributed by atoms with E-state index in [1.54, 1.807) is 0 Å². The number of halogens is 1. The van der Waals surface area contributed by atoms with Crippen molar-refractivity contribution in [3.63, 3.8) is 0 Å². The van der Waals surface area contributed by atoms with Crippen molar-refractivity contribution in [1.82, 2.24) is 0 Å². The highest BCUT2D eigenvalue weighted by Crippen LogP contribution is 2.40. The zero-order chi connectivity index (χ0) is 14.0. The van der Waals surface area contributed by atoms with E-state index in [0.29, 0.717) is 0 Å². The van der Waals surface area contributed by atoms with Gasteiger partial charge >= 0.3 is 0 Å². The molecule has 2 heterocycles. The van der Waals surface area contributed by atoms with Crippen LogP contribution in [0.2, 0.25) is 0 Å². The van der Waals surface area contributed by atoms with Gasteiger partial charge in [0.15, 0.2) is 0 Å². The minimum atomic E-state index is 0.891. The lowest BCUT2D eigenvalue weighted by Gasteiger charge is -1.94. The fourth-order valence-electron chi connectivity index (χ4n) is 3.06. The van der Waals surface area contributed by atoms with Gasteiger partial charge in [-0.15, -0.1) is 0 Å². The second-order valence-corrected chi connectivity index (χ2v) is 6.07. The molecule has 0 spiro atoms. The van der Waals surface area contributed by atoms with Crippen molar-refractivity contribution in [3.05, 3.63) is 59.1 Å². The Morgan fingerprint density at radius 3 is 2.05 bits per heavy atom. The Labute approximate surface area is 128 Å². The van der Waals surface area contributed by atoms with E-state index in [9.17, 15) is 0 Å². The number of benzene rings is 3. The fraction of sp³-hybridized carbons (Fsp3) is 0. The molecular weight excluding hydrogens is 328 g/mol. The largest absolute Gasteiger partial charge is 0.456 e. The smallest absolute Gasteiger partial charge is 0.136 e. The molecule has 0 aliphatic heterocycles. The lowest BCUT2D eigenvalue weighted by Crippen LogP contribution is -1.71. The van der Waals surface area contributed by atoms with Crippen molar-refractivity contribution < 1.29 is 8.83 Å². The highest BCUT2D eigenvalue weighted by Gasteiger charge is 2.15. The van der Waals surface area contributed by atoms with Crippen molar-refractivity contribution in [1.29, 1.82) is 0 Å². The van der Waals surface area contributed by atoms with Gasteiger partial charge in [-0.2, -0.15) is 0 Å². The molecule has 0 bridgehead atoms. The van der Waals surface area contributed by atoms with Gasteiger partial charge in [0.05, 0.1) is 0 Å². The topological polar surface area (TPSA) is 26.3 Å². The average Bonchev–Trinajstić information content (AvgIpc) is 3.04. The Kier molecular flexibility index (Phi) is 2.11. The molecular formula is C18H9BrO2. The maximum atomic E-state index is 5.97. The number of furan rings is 2. The van der Waals surface area contributed by atoms with Gasteiger partial charge in [-0.1, -0.05) is 34.1 Å². The molecule has 0 atom stereocenters. The van der Waals surface area contributed by atoms with Crippen LogP contribution in [0, 0.1) is 0 Å². The second-order valence-electron chi connectivity index (χ2n) is 5.15. The quantitative estimate of drug-likeness (QED) is 0.334. The predicted molar refractivity (Wildman–Crippen MR) is 88.7 cm³/mol. The summed E-state index contributed by atoms with van der Waals surface area (Å²) in [5.41, 5.74) is 3.59. The van der Waals surface area contributed by atoms with E-state index in [2.05, 4.69) is 28.1 Å². The van der Waals surface area contributed by atoms with Gasteiger partial charge in [0, 0.05) is 26.0 Å². The molecule has 2 nitrogen and oxygen atoms in total. The molecule has 0 fully saturated rings. The van der Waals surface area contributed by atoms with Gasteiger partial charge in [-0.3, -0.25) is 0 Å². The molecule has 0 aliphatic rings. The first-order chi connectivity index (χ1) is 10.3. The van der Waals surface area contributed by atoms with Crippen LogP contribution in [-0.2, 0) is 0 Å². The van der Waals surface area contributed by atoms with Crippen molar-refractivity contribution in [2.24, 2.45) is 0 Å². The number of para-hydroxylation sites is 1. The van der Waals surface area contributed by atoms with E-state index in [4.69, 9.17) is 8.83 Å². The van der Waals surface area contributed by atoms with Crippen molar-refractivity contribution in [2.45, 2.75) is 0 Å². The number of hydrogen-bond acceptors (Lipinski definition) is 2. The zero-order valence-corrected chi connectivity index (χ0v) is 12.5. The Balaban J connectivity index is 2.16. The van der Waals surface area contributed by atoms with Crippen LogP contribution in [-0.4, -0.2) is 0 Å². The standard InChI is InChI=1S/C18H9BrO2/c19-10-5-6-14-12(9-10)18-16(21-14)8-7-15-17(18)11-3-1-2-4-13(11)20-15/h1-9H. The Hall–Kier alpha value is -2.26. The molecule has 0 aliphatic carbocycles. The van der Waals surface area contributed by atoms with Crippen molar-refractivity contribution >= 4 is 59.8 Å². The summed E-state index contributed by atoms with van der Waals surface area (Å²) in [6.07, 6.45) is 0. The summed E-state index contributed by atoms with van der Waals surface area (Å²) >= 11 is 3.54. The third-order valence-corrected chi connectivity index (χ3v) is 4.43. The molecule has 0 saturated heterocycles. The van der Waals surface area contributed by atoms with E-state index in [-0.39, 0.29) is 0 Å². The molecule has 5 aromatic rings. The van der Waals surface area contributed by atoms with Crippen LogP contribution in [0.5, 0.6) is 0 Å². The molecule has 21 heavy (non-hydrogen) atoms. The summed E-state index contributed by atoms with van der Waals surface area (Å²) in [5, 5.41) is 4.48. The summed E-state index contributed by atoms with van der Waals surface area (Å²) in [6.45, 7) is 0. The van der Waals surface area contributed by atoms with E-state index in [1.807, 2.05) is 42.5 Å². The lowest BCUT2D eigenvalue weighted by atomic mass is 10.1. The van der Waals surface area contributed by atoms with Gasteiger partial charge in [-0.25, -0.2) is 0 Å². The molecule has 3 aromatic carbocycles. The zero-order valence-electron chi connectivity index (χ0n) is 10.9. The van der Waals surface area contributed by atoms with E-state index in [1.165, 1.54) is 0 Å². The number of hydrogen-bond donors (Lipinski definition) is 0.